The van der Waals surface area contributed by atoms with Crippen LogP contribution in [0.25, 0.3) is 0 Å². The Morgan fingerprint density at radius 2 is 2.22 bits per heavy atom. The van der Waals surface area contributed by atoms with Crippen LogP contribution in [-0.4, -0.2) is 0 Å². The molecule has 0 saturated heterocycles. The van der Waals surface area contributed by atoms with E-state index in [1.807, 2.05) is 19.9 Å². The summed E-state index contributed by atoms with van der Waals surface area (Å²) in [6, 6.07) is 4.12. The minimum absolute atomic E-state index is 0.873. The van der Waals surface area contributed by atoms with E-state index < -0.39 is 0 Å². The molecule has 0 aliphatic rings. The molecule has 0 aliphatic heterocycles. The van der Waals surface area contributed by atoms with Crippen LogP contribution >= 0.6 is 24.0 Å². The minimum Gasteiger partial charge on any atom is -0.174 e. The molecule has 0 unspecified atom stereocenters. The van der Waals surface area contributed by atoms with Gasteiger partial charge in [-0.05, 0) is 11.4 Å². The first-order chi connectivity index (χ1) is 4.43. The van der Waals surface area contributed by atoms with Crippen molar-refractivity contribution >= 4 is 24.0 Å². The molecule has 0 bridgehead atoms. The van der Waals surface area contributed by atoms with E-state index in [2.05, 4.69) is 24.1 Å². The summed E-state index contributed by atoms with van der Waals surface area (Å²) in [5.74, 6) is 0.873. The van der Waals surface area contributed by atoms with Crippen molar-refractivity contribution in [2.24, 2.45) is 0 Å². The second-order valence-corrected chi connectivity index (χ2v) is 2.59. The van der Waals surface area contributed by atoms with Gasteiger partial charge in [-0.2, -0.15) is 12.6 Å². The molecule has 52 valence electrons. The molecule has 0 nitrogen and oxygen atoms in total. The van der Waals surface area contributed by atoms with Gasteiger partial charge in [0.15, 0.2) is 0 Å². The third-order valence-electron chi connectivity index (χ3n) is 0.736. The highest BCUT2D eigenvalue weighted by atomic mass is 32.1. The summed E-state index contributed by atoms with van der Waals surface area (Å²) < 4.78 is 0. The summed E-state index contributed by atoms with van der Waals surface area (Å²) >= 11 is 5.83. The molecule has 1 heterocycles. The van der Waals surface area contributed by atoms with Gasteiger partial charge in [-0.15, -0.1) is 11.3 Å². The molecule has 2 heteroatoms. The largest absolute Gasteiger partial charge is 0.174 e. The van der Waals surface area contributed by atoms with Crippen LogP contribution in [0.3, 0.4) is 0 Å². The van der Waals surface area contributed by atoms with E-state index in [0.29, 0.717) is 0 Å². The molecule has 0 aromatic carbocycles. The first-order valence-corrected chi connectivity index (χ1v) is 4.58. The monoisotopic (exact) mass is 160 g/mol. The van der Waals surface area contributed by atoms with Crippen LogP contribution in [0, 0.1) is 0 Å². The molecule has 1 aromatic rings. The molecule has 9 heavy (non-hydrogen) atoms. The molecule has 0 radical (unpaired) electrons. The maximum absolute atomic E-state index is 4.09. The average Bonchev–Trinajstić information content (AvgIpc) is 2.43. The second kappa shape index (κ2) is 6.17. The minimum atomic E-state index is 0.873. The van der Waals surface area contributed by atoms with Crippen molar-refractivity contribution in [1.82, 2.24) is 0 Å². The average molecular weight is 160 g/mol. The van der Waals surface area contributed by atoms with E-state index in [4.69, 9.17) is 0 Å². The summed E-state index contributed by atoms with van der Waals surface area (Å²) in [6.45, 7) is 4.00. The van der Waals surface area contributed by atoms with Gasteiger partial charge in [-0.1, -0.05) is 19.9 Å². The topological polar surface area (TPSA) is 0 Å². The van der Waals surface area contributed by atoms with Gasteiger partial charge in [-0.25, -0.2) is 0 Å². The van der Waals surface area contributed by atoms with Gasteiger partial charge < -0.3 is 0 Å². The Bertz CT molecular complexity index is 121. The SMILES string of the molecule is CC.SCc1cccs1. The Balaban J connectivity index is 0.000000291. The predicted octanol–water partition coefficient (Wildman–Crippen LogP) is 3.20. The van der Waals surface area contributed by atoms with Gasteiger partial charge in [-0.3, -0.25) is 0 Å². The molecule has 0 saturated carbocycles. The van der Waals surface area contributed by atoms with Crippen molar-refractivity contribution < 1.29 is 0 Å². The predicted molar refractivity (Wildman–Crippen MR) is 48.4 cm³/mol. The zero-order valence-electron chi connectivity index (χ0n) is 5.79. The molecule has 0 fully saturated rings. The van der Waals surface area contributed by atoms with Crippen LogP contribution in [0.4, 0.5) is 0 Å². The molecule has 0 aliphatic carbocycles. The highest BCUT2D eigenvalue weighted by Gasteiger charge is 1.83. The fourth-order valence-corrected chi connectivity index (χ4v) is 1.30. The molecule has 0 amide bonds. The summed E-state index contributed by atoms with van der Waals surface area (Å²) in [6.07, 6.45) is 0. The van der Waals surface area contributed by atoms with Gasteiger partial charge in [0.25, 0.3) is 0 Å². The number of rotatable bonds is 1. The first kappa shape index (κ1) is 9.05. The maximum atomic E-state index is 4.09. The van der Waals surface area contributed by atoms with Crippen molar-refractivity contribution in [3.8, 4) is 0 Å². The van der Waals surface area contributed by atoms with Crippen molar-refractivity contribution in [2.45, 2.75) is 19.6 Å². The molecular weight excluding hydrogens is 148 g/mol. The second-order valence-electron chi connectivity index (χ2n) is 1.24. The Kier molecular flexibility index (Phi) is 6.21. The molecule has 0 spiro atoms. The Morgan fingerprint density at radius 1 is 1.56 bits per heavy atom. The van der Waals surface area contributed by atoms with E-state index in [1.54, 1.807) is 11.3 Å². The van der Waals surface area contributed by atoms with Crippen LogP contribution in [0.1, 0.15) is 18.7 Å². The zero-order valence-corrected chi connectivity index (χ0v) is 7.51. The van der Waals surface area contributed by atoms with Crippen LogP contribution in [0.2, 0.25) is 0 Å². The normalized spacial score (nSPS) is 7.89. The van der Waals surface area contributed by atoms with Crippen molar-refractivity contribution in [2.75, 3.05) is 0 Å². The molecule has 0 atom stereocenters. The number of hydrogen-bond acceptors (Lipinski definition) is 2. The molecular formula is C7H12S2. The lowest BCUT2D eigenvalue weighted by Gasteiger charge is -1.78. The fraction of sp³-hybridized carbons (Fsp3) is 0.429. The first-order valence-electron chi connectivity index (χ1n) is 3.06. The number of hydrogen-bond donors (Lipinski definition) is 1. The van der Waals surface area contributed by atoms with Crippen molar-refractivity contribution in [3.05, 3.63) is 22.4 Å². The standard InChI is InChI=1S/C5H6S2.C2H6/c6-4-5-2-1-3-7-5;1-2/h1-3,6H,4H2;1-2H3. The molecule has 1 rings (SSSR count). The van der Waals surface area contributed by atoms with Crippen LogP contribution in [0.15, 0.2) is 17.5 Å². The lowest BCUT2D eigenvalue weighted by atomic mass is 10.5. The van der Waals surface area contributed by atoms with E-state index in [-0.39, 0.29) is 0 Å². The molecule has 1 aromatic heterocycles. The third kappa shape index (κ3) is 3.60. The number of thiol groups is 1. The van der Waals surface area contributed by atoms with Gasteiger partial charge in [0.05, 0.1) is 0 Å². The Morgan fingerprint density at radius 3 is 2.44 bits per heavy atom. The summed E-state index contributed by atoms with van der Waals surface area (Å²) in [5, 5.41) is 2.06. The fourth-order valence-electron chi connectivity index (χ4n) is 0.403. The lowest BCUT2D eigenvalue weighted by molar-refractivity contribution is 1.50. The van der Waals surface area contributed by atoms with Crippen molar-refractivity contribution in [1.29, 1.82) is 0 Å². The Labute approximate surface area is 66.3 Å². The summed E-state index contributed by atoms with van der Waals surface area (Å²) in [7, 11) is 0. The lowest BCUT2D eigenvalue weighted by Crippen LogP contribution is -1.58. The van der Waals surface area contributed by atoms with Gasteiger partial charge in [0.1, 0.15) is 0 Å². The van der Waals surface area contributed by atoms with E-state index >= 15 is 0 Å². The summed E-state index contributed by atoms with van der Waals surface area (Å²) in [4.78, 5) is 1.34. The Hall–Kier alpha value is 0.0500. The van der Waals surface area contributed by atoms with E-state index in [1.165, 1.54) is 4.88 Å². The quantitative estimate of drug-likeness (QED) is 0.599. The van der Waals surface area contributed by atoms with Crippen LogP contribution in [0.5, 0.6) is 0 Å². The maximum Gasteiger partial charge on any atom is 0.0248 e. The highest BCUT2D eigenvalue weighted by Crippen LogP contribution is 2.09. The third-order valence-corrected chi connectivity index (χ3v) is 2.17. The van der Waals surface area contributed by atoms with Gasteiger partial charge in [0.2, 0.25) is 0 Å². The van der Waals surface area contributed by atoms with E-state index in [9.17, 15) is 0 Å². The van der Waals surface area contributed by atoms with Crippen molar-refractivity contribution in [3.63, 3.8) is 0 Å². The molecule has 0 N–H and O–H groups in total. The van der Waals surface area contributed by atoms with Gasteiger partial charge in [0, 0.05) is 10.6 Å². The smallest absolute Gasteiger partial charge is 0.0248 e. The zero-order chi connectivity index (χ0) is 7.11. The van der Waals surface area contributed by atoms with Gasteiger partial charge >= 0.3 is 0 Å². The highest BCUT2D eigenvalue weighted by molar-refractivity contribution is 7.79. The van der Waals surface area contributed by atoms with Crippen LogP contribution < -0.4 is 0 Å². The number of thiophene rings is 1. The summed E-state index contributed by atoms with van der Waals surface area (Å²) in [5.41, 5.74) is 0. The van der Waals surface area contributed by atoms with E-state index in [0.717, 1.165) is 5.75 Å². The van der Waals surface area contributed by atoms with Crippen LogP contribution in [-0.2, 0) is 5.75 Å².